The third kappa shape index (κ3) is 2.95. The summed E-state index contributed by atoms with van der Waals surface area (Å²) in [5, 5.41) is 0.340. The van der Waals surface area contributed by atoms with E-state index in [4.69, 9.17) is 16.3 Å². The largest absolute Gasteiger partial charge is 0.381 e. The highest BCUT2D eigenvalue weighted by Gasteiger charge is 2.23. The van der Waals surface area contributed by atoms with E-state index in [2.05, 4.69) is 13.8 Å². The lowest BCUT2D eigenvalue weighted by Crippen LogP contribution is -2.20. The van der Waals surface area contributed by atoms with Crippen molar-refractivity contribution in [3.8, 4) is 0 Å². The molecule has 0 radical (unpaired) electrons. The van der Waals surface area contributed by atoms with Gasteiger partial charge in [0.25, 0.3) is 0 Å². The maximum absolute atomic E-state index is 6.31. The maximum atomic E-state index is 6.31. The third-order valence-electron chi connectivity index (χ3n) is 2.58. The van der Waals surface area contributed by atoms with E-state index < -0.39 is 0 Å². The topological polar surface area (TPSA) is 9.23 Å². The van der Waals surface area contributed by atoms with E-state index in [0.29, 0.717) is 17.2 Å². The molecule has 2 atom stereocenters. The van der Waals surface area contributed by atoms with Crippen molar-refractivity contribution in [2.45, 2.75) is 38.5 Å². The van der Waals surface area contributed by atoms with Crippen LogP contribution in [0.4, 0.5) is 0 Å². The van der Waals surface area contributed by atoms with Gasteiger partial charge in [0.05, 0.1) is 0 Å². The van der Waals surface area contributed by atoms with Crippen molar-refractivity contribution >= 4 is 11.6 Å². The zero-order valence-corrected chi connectivity index (χ0v) is 8.81. The molecule has 2 unspecified atom stereocenters. The summed E-state index contributed by atoms with van der Waals surface area (Å²) < 4.78 is 5.40. The summed E-state index contributed by atoms with van der Waals surface area (Å²) in [6, 6.07) is 0. The van der Waals surface area contributed by atoms with Crippen molar-refractivity contribution in [1.82, 2.24) is 0 Å². The fourth-order valence-corrected chi connectivity index (χ4v) is 2.04. The van der Waals surface area contributed by atoms with Gasteiger partial charge < -0.3 is 4.74 Å². The summed E-state index contributed by atoms with van der Waals surface area (Å²) in [5.74, 6) is 1.27. The van der Waals surface area contributed by atoms with Crippen molar-refractivity contribution in [3.63, 3.8) is 0 Å². The molecule has 12 heavy (non-hydrogen) atoms. The van der Waals surface area contributed by atoms with Gasteiger partial charge in [0.2, 0.25) is 0 Å². The molecule has 0 N–H and O–H groups in total. The van der Waals surface area contributed by atoms with Crippen molar-refractivity contribution in [3.05, 3.63) is 0 Å². The summed E-state index contributed by atoms with van der Waals surface area (Å²) in [5.41, 5.74) is 0. The monoisotopic (exact) mass is 190 g/mol. The average molecular weight is 191 g/mol. The van der Waals surface area contributed by atoms with E-state index in [1.165, 1.54) is 12.8 Å². The Hall–Kier alpha value is 0.250. The Morgan fingerprint density at radius 1 is 1.25 bits per heavy atom. The highest BCUT2D eigenvalue weighted by atomic mass is 35.5. The van der Waals surface area contributed by atoms with Crippen LogP contribution < -0.4 is 0 Å². The van der Waals surface area contributed by atoms with Crippen molar-refractivity contribution < 1.29 is 4.74 Å². The molecule has 2 heteroatoms. The van der Waals surface area contributed by atoms with E-state index in [-0.39, 0.29) is 0 Å². The molecule has 1 aliphatic rings. The SMILES string of the molecule is CC(C)C(Cl)C1CCCOCC1. The second kappa shape index (κ2) is 5.08. The molecule has 1 fully saturated rings. The molecule has 0 aromatic heterocycles. The number of ether oxygens (including phenoxy) is 1. The average Bonchev–Trinajstić information content (AvgIpc) is 2.30. The summed E-state index contributed by atoms with van der Waals surface area (Å²) in [6.45, 7) is 6.23. The van der Waals surface area contributed by atoms with Crippen LogP contribution in [0.1, 0.15) is 33.1 Å². The van der Waals surface area contributed by atoms with E-state index in [1.807, 2.05) is 0 Å². The van der Waals surface area contributed by atoms with Gasteiger partial charge in [-0.3, -0.25) is 0 Å². The Morgan fingerprint density at radius 3 is 2.67 bits per heavy atom. The van der Waals surface area contributed by atoms with Crippen molar-refractivity contribution in [1.29, 1.82) is 0 Å². The molecule has 1 heterocycles. The van der Waals surface area contributed by atoms with Crippen LogP contribution >= 0.6 is 11.6 Å². The Kier molecular flexibility index (Phi) is 4.38. The van der Waals surface area contributed by atoms with Gasteiger partial charge in [-0.15, -0.1) is 11.6 Å². The molecule has 72 valence electrons. The summed E-state index contributed by atoms with van der Waals surface area (Å²) in [6.07, 6.45) is 3.57. The lowest BCUT2D eigenvalue weighted by atomic mass is 9.90. The van der Waals surface area contributed by atoms with Crippen LogP contribution in [0, 0.1) is 11.8 Å². The molecule has 0 spiro atoms. The quantitative estimate of drug-likeness (QED) is 0.609. The van der Waals surface area contributed by atoms with E-state index in [0.717, 1.165) is 19.6 Å². The van der Waals surface area contributed by atoms with Gasteiger partial charge in [0.1, 0.15) is 0 Å². The van der Waals surface area contributed by atoms with Gasteiger partial charge >= 0.3 is 0 Å². The second-order valence-corrected chi connectivity index (χ2v) is 4.50. The minimum Gasteiger partial charge on any atom is -0.381 e. The minimum atomic E-state index is 0.340. The Morgan fingerprint density at radius 2 is 2.00 bits per heavy atom. The minimum absolute atomic E-state index is 0.340. The number of hydrogen-bond donors (Lipinski definition) is 0. The number of hydrogen-bond acceptors (Lipinski definition) is 1. The lowest BCUT2D eigenvalue weighted by Gasteiger charge is -2.22. The molecule has 1 rings (SSSR count). The van der Waals surface area contributed by atoms with Gasteiger partial charge in [-0.25, -0.2) is 0 Å². The molecular weight excluding hydrogens is 172 g/mol. The van der Waals surface area contributed by atoms with E-state index >= 15 is 0 Å². The van der Waals surface area contributed by atoms with Crippen LogP contribution in [-0.2, 0) is 4.74 Å². The highest BCUT2D eigenvalue weighted by Crippen LogP contribution is 2.27. The van der Waals surface area contributed by atoms with Crippen molar-refractivity contribution in [2.24, 2.45) is 11.8 Å². The molecule has 1 saturated heterocycles. The zero-order valence-electron chi connectivity index (χ0n) is 8.05. The molecule has 0 saturated carbocycles. The molecule has 0 bridgehead atoms. The first-order chi connectivity index (χ1) is 5.72. The number of halogens is 1. The summed E-state index contributed by atoms with van der Waals surface area (Å²) in [4.78, 5) is 0. The van der Waals surface area contributed by atoms with Gasteiger partial charge in [0, 0.05) is 18.6 Å². The fourth-order valence-electron chi connectivity index (χ4n) is 1.79. The highest BCUT2D eigenvalue weighted by molar-refractivity contribution is 6.20. The summed E-state index contributed by atoms with van der Waals surface area (Å²) >= 11 is 6.31. The fraction of sp³-hybridized carbons (Fsp3) is 1.00. The number of rotatable bonds is 2. The van der Waals surface area contributed by atoms with Gasteiger partial charge in [-0.1, -0.05) is 13.8 Å². The molecule has 0 aromatic carbocycles. The molecule has 1 nitrogen and oxygen atoms in total. The van der Waals surface area contributed by atoms with Crippen LogP contribution in [-0.4, -0.2) is 18.6 Å². The normalized spacial score (nSPS) is 28.5. The molecule has 1 aliphatic heterocycles. The third-order valence-corrected chi connectivity index (χ3v) is 3.44. The van der Waals surface area contributed by atoms with Crippen LogP contribution in [0.15, 0.2) is 0 Å². The summed E-state index contributed by atoms with van der Waals surface area (Å²) in [7, 11) is 0. The predicted octanol–water partition coefficient (Wildman–Crippen LogP) is 3.07. The molecular formula is C10H19ClO. The van der Waals surface area contributed by atoms with Crippen LogP contribution in [0.2, 0.25) is 0 Å². The van der Waals surface area contributed by atoms with Gasteiger partial charge in [0.15, 0.2) is 0 Å². The number of alkyl halides is 1. The van der Waals surface area contributed by atoms with Crippen LogP contribution in [0.5, 0.6) is 0 Å². The van der Waals surface area contributed by atoms with Crippen LogP contribution in [0.25, 0.3) is 0 Å². The van der Waals surface area contributed by atoms with E-state index in [9.17, 15) is 0 Å². The predicted molar refractivity (Wildman–Crippen MR) is 52.6 cm³/mol. The maximum Gasteiger partial charge on any atom is 0.0469 e. The second-order valence-electron chi connectivity index (χ2n) is 3.99. The van der Waals surface area contributed by atoms with E-state index in [1.54, 1.807) is 0 Å². The molecule has 0 aliphatic carbocycles. The standard InChI is InChI=1S/C10H19ClO/c1-8(2)10(11)9-4-3-6-12-7-5-9/h8-10H,3-7H2,1-2H3. The van der Waals surface area contributed by atoms with Gasteiger partial charge in [-0.2, -0.15) is 0 Å². The Balaban J connectivity index is 2.37. The first-order valence-corrected chi connectivity index (χ1v) is 5.37. The Bertz CT molecular complexity index is 117. The molecule has 0 aromatic rings. The molecule has 0 amide bonds. The lowest BCUT2D eigenvalue weighted by molar-refractivity contribution is 0.140. The first kappa shape index (κ1) is 10.3. The van der Waals surface area contributed by atoms with Gasteiger partial charge in [-0.05, 0) is 31.1 Å². The van der Waals surface area contributed by atoms with Crippen molar-refractivity contribution in [2.75, 3.05) is 13.2 Å². The van der Waals surface area contributed by atoms with Crippen LogP contribution in [0.3, 0.4) is 0 Å². The smallest absolute Gasteiger partial charge is 0.0469 e. The first-order valence-electron chi connectivity index (χ1n) is 4.93. The Labute approximate surface area is 80.4 Å². The zero-order chi connectivity index (χ0) is 8.97.